The van der Waals surface area contributed by atoms with Crippen LogP contribution in [-0.2, 0) is 6.54 Å². The highest BCUT2D eigenvalue weighted by molar-refractivity contribution is 5.99. The molecule has 0 atom stereocenters. The summed E-state index contributed by atoms with van der Waals surface area (Å²) in [5.74, 6) is 1.80. The summed E-state index contributed by atoms with van der Waals surface area (Å²) in [5, 5.41) is 0. The Balaban J connectivity index is 2.46. The first kappa shape index (κ1) is 7.55. The van der Waals surface area contributed by atoms with Crippen molar-refractivity contribution >= 4 is 5.78 Å². The number of hydrogen-bond acceptors (Lipinski definition) is 3. The smallest absolute Gasteiger partial charge is 0.180 e. The molecule has 2 heterocycles. The van der Waals surface area contributed by atoms with E-state index in [9.17, 15) is 4.79 Å². The zero-order chi connectivity index (χ0) is 8.72. The minimum absolute atomic E-state index is 0.163. The van der Waals surface area contributed by atoms with Gasteiger partial charge < -0.3 is 4.42 Å². The lowest BCUT2D eigenvalue weighted by Gasteiger charge is -2.19. The van der Waals surface area contributed by atoms with Crippen molar-refractivity contribution in [1.82, 2.24) is 4.90 Å². The van der Waals surface area contributed by atoms with E-state index < -0.39 is 0 Å². The van der Waals surface area contributed by atoms with Gasteiger partial charge in [-0.25, -0.2) is 0 Å². The Kier molecular flexibility index (Phi) is 1.54. The van der Waals surface area contributed by atoms with Gasteiger partial charge in [-0.05, 0) is 20.0 Å². The van der Waals surface area contributed by atoms with Gasteiger partial charge in [0.25, 0.3) is 0 Å². The molecule has 0 aliphatic carbocycles. The minimum Gasteiger partial charge on any atom is -0.464 e. The van der Waals surface area contributed by atoms with Crippen molar-refractivity contribution in [2.24, 2.45) is 0 Å². The second-order valence-electron chi connectivity index (χ2n) is 3.29. The van der Waals surface area contributed by atoms with Gasteiger partial charge in [0.15, 0.2) is 5.78 Å². The van der Waals surface area contributed by atoms with Crippen LogP contribution in [0.5, 0.6) is 0 Å². The van der Waals surface area contributed by atoms with Crippen molar-refractivity contribution in [2.45, 2.75) is 13.5 Å². The molecule has 12 heavy (non-hydrogen) atoms. The number of carbonyl (C=O) groups excluding carboxylic acids is 1. The van der Waals surface area contributed by atoms with Crippen LogP contribution < -0.4 is 0 Å². The van der Waals surface area contributed by atoms with Crippen molar-refractivity contribution in [1.29, 1.82) is 0 Å². The lowest BCUT2D eigenvalue weighted by molar-refractivity contribution is 0.0913. The molecule has 0 fully saturated rings. The molecule has 1 aromatic heterocycles. The molecular weight excluding hydrogens is 154 g/mol. The van der Waals surface area contributed by atoms with E-state index in [-0.39, 0.29) is 5.78 Å². The van der Waals surface area contributed by atoms with Crippen molar-refractivity contribution < 1.29 is 9.21 Å². The fourth-order valence-corrected chi connectivity index (χ4v) is 1.55. The first-order valence-corrected chi connectivity index (χ1v) is 3.98. The van der Waals surface area contributed by atoms with Gasteiger partial charge in [-0.2, -0.15) is 0 Å². The van der Waals surface area contributed by atoms with Gasteiger partial charge in [-0.1, -0.05) is 0 Å². The summed E-state index contributed by atoms with van der Waals surface area (Å²) in [6.07, 6.45) is 0. The number of ketones is 1. The van der Waals surface area contributed by atoms with E-state index in [2.05, 4.69) is 0 Å². The van der Waals surface area contributed by atoms with E-state index in [0.717, 1.165) is 23.6 Å². The molecule has 0 saturated carbocycles. The van der Waals surface area contributed by atoms with Gasteiger partial charge in [0.05, 0.1) is 18.7 Å². The van der Waals surface area contributed by atoms with Crippen LogP contribution in [-0.4, -0.2) is 24.3 Å². The molecule has 64 valence electrons. The van der Waals surface area contributed by atoms with Crippen LogP contribution in [0.2, 0.25) is 0 Å². The second kappa shape index (κ2) is 2.45. The van der Waals surface area contributed by atoms with Crippen molar-refractivity contribution in [3.63, 3.8) is 0 Å². The van der Waals surface area contributed by atoms with Crippen molar-refractivity contribution in [3.8, 4) is 0 Å². The molecule has 2 rings (SSSR count). The van der Waals surface area contributed by atoms with Crippen LogP contribution in [0.15, 0.2) is 10.5 Å². The third-order valence-corrected chi connectivity index (χ3v) is 2.06. The molecule has 1 aromatic rings. The lowest BCUT2D eigenvalue weighted by Crippen LogP contribution is -2.30. The fourth-order valence-electron chi connectivity index (χ4n) is 1.55. The number of furan rings is 1. The molecule has 3 heteroatoms. The van der Waals surface area contributed by atoms with Gasteiger partial charge in [-0.15, -0.1) is 0 Å². The summed E-state index contributed by atoms with van der Waals surface area (Å²) in [6.45, 7) is 3.12. The zero-order valence-corrected chi connectivity index (χ0v) is 7.26. The lowest BCUT2D eigenvalue weighted by atomic mass is 10.1. The average Bonchev–Trinajstić information content (AvgIpc) is 2.29. The zero-order valence-electron chi connectivity index (χ0n) is 7.26. The minimum atomic E-state index is 0.163. The van der Waals surface area contributed by atoms with Gasteiger partial charge in [-0.3, -0.25) is 9.69 Å². The predicted molar refractivity (Wildman–Crippen MR) is 44.1 cm³/mol. The number of rotatable bonds is 0. The Bertz CT molecular complexity index is 327. The number of nitrogens with zero attached hydrogens (tertiary/aromatic N) is 1. The summed E-state index contributed by atoms with van der Waals surface area (Å²) in [5.41, 5.74) is 0.769. The monoisotopic (exact) mass is 165 g/mol. The SMILES string of the molecule is Cc1cc2c(o1)CN(C)CC2=O. The van der Waals surface area contributed by atoms with Crippen LogP contribution in [0.4, 0.5) is 0 Å². The number of fused-ring (bicyclic) bond motifs is 1. The Morgan fingerprint density at radius 1 is 1.50 bits per heavy atom. The maximum Gasteiger partial charge on any atom is 0.180 e. The van der Waals surface area contributed by atoms with Crippen LogP contribution in [0.3, 0.4) is 0 Å². The third-order valence-electron chi connectivity index (χ3n) is 2.06. The molecular formula is C9H11NO2. The van der Waals surface area contributed by atoms with E-state index in [1.54, 1.807) is 0 Å². The number of Topliss-reactive ketones (excluding diaryl/α,β-unsaturated/α-hetero) is 1. The molecule has 0 aromatic carbocycles. The quantitative estimate of drug-likeness (QED) is 0.579. The van der Waals surface area contributed by atoms with Crippen LogP contribution in [0.1, 0.15) is 21.9 Å². The molecule has 0 saturated heterocycles. The fraction of sp³-hybridized carbons (Fsp3) is 0.444. The highest BCUT2D eigenvalue weighted by atomic mass is 16.3. The van der Waals surface area contributed by atoms with E-state index in [0.29, 0.717) is 6.54 Å². The molecule has 0 radical (unpaired) electrons. The van der Waals surface area contributed by atoms with Gasteiger partial charge in [0.2, 0.25) is 0 Å². The van der Waals surface area contributed by atoms with Gasteiger partial charge in [0, 0.05) is 0 Å². The predicted octanol–water partition coefficient (Wildman–Crippen LogP) is 1.22. The molecule has 0 bridgehead atoms. The summed E-state index contributed by atoms with van der Waals surface area (Å²) in [7, 11) is 1.92. The standard InChI is InChI=1S/C9H11NO2/c1-6-3-7-8(11)4-10(2)5-9(7)12-6/h3H,4-5H2,1-2H3. The largest absolute Gasteiger partial charge is 0.464 e. The van der Waals surface area contributed by atoms with E-state index in [1.807, 2.05) is 24.9 Å². The number of aryl methyl sites for hydroxylation is 1. The Morgan fingerprint density at radius 2 is 2.25 bits per heavy atom. The first-order chi connectivity index (χ1) is 5.66. The van der Waals surface area contributed by atoms with Gasteiger partial charge >= 0.3 is 0 Å². The van der Waals surface area contributed by atoms with Crippen molar-refractivity contribution in [3.05, 3.63) is 23.2 Å². The van der Waals surface area contributed by atoms with E-state index >= 15 is 0 Å². The molecule has 1 aliphatic heterocycles. The third kappa shape index (κ3) is 1.06. The second-order valence-corrected chi connectivity index (χ2v) is 3.29. The molecule has 3 nitrogen and oxygen atoms in total. The van der Waals surface area contributed by atoms with Crippen LogP contribution in [0, 0.1) is 6.92 Å². The Labute approximate surface area is 71.0 Å². The van der Waals surface area contributed by atoms with Crippen LogP contribution in [0.25, 0.3) is 0 Å². The highest BCUT2D eigenvalue weighted by Crippen LogP contribution is 2.21. The molecule has 0 spiro atoms. The van der Waals surface area contributed by atoms with E-state index in [1.165, 1.54) is 0 Å². The Morgan fingerprint density at radius 3 is 3.00 bits per heavy atom. The molecule has 0 unspecified atom stereocenters. The summed E-state index contributed by atoms with van der Waals surface area (Å²) < 4.78 is 5.38. The molecule has 1 aliphatic rings. The highest BCUT2D eigenvalue weighted by Gasteiger charge is 2.23. The summed E-state index contributed by atoms with van der Waals surface area (Å²) in [6, 6.07) is 1.82. The topological polar surface area (TPSA) is 33.5 Å². The first-order valence-electron chi connectivity index (χ1n) is 3.98. The van der Waals surface area contributed by atoms with Crippen LogP contribution >= 0.6 is 0 Å². The maximum absolute atomic E-state index is 11.4. The summed E-state index contributed by atoms with van der Waals surface area (Å²) in [4.78, 5) is 13.4. The average molecular weight is 165 g/mol. The van der Waals surface area contributed by atoms with E-state index in [4.69, 9.17) is 4.42 Å². The van der Waals surface area contributed by atoms with Crippen molar-refractivity contribution in [2.75, 3.05) is 13.6 Å². The normalized spacial score (nSPS) is 18.0. The number of carbonyl (C=O) groups is 1. The number of likely N-dealkylation sites (N-methyl/N-ethyl adjacent to an activating group) is 1. The maximum atomic E-state index is 11.4. The Hall–Kier alpha value is -1.09. The summed E-state index contributed by atoms with van der Waals surface area (Å²) >= 11 is 0. The number of hydrogen-bond donors (Lipinski definition) is 0. The molecule has 0 N–H and O–H groups in total. The molecule has 0 amide bonds. The van der Waals surface area contributed by atoms with Gasteiger partial charge in [0.1, 0.15) is 11.5 Å².